The topological polar surface area (TPSA) is 40.5 Å². The first-order valence-corrected chi connectivity index (χ1v) is 6.70. The summed E-state index contributed by atoms with van der Waals surface area (Å²) in [5, 5.41) is 20.5. The summed E-state index contributed by atoms with van der Waals surface area (Å²) < 4.78 is 0. The molecule has 1 saturated carbocycles. The molecule has 2 rings (SSSR count). The van der Waals surface area contributed by atoms with Crippen LogP contribution in [0.25, 0.3) is 0 Å². The Morgan fingerprint density at radius 1 is 0.882 bits per heavy atom. The quantitative estimate of drug-likeness (QED) is 0.789. The molecule has 0 spiro atoms. The van der Waals surface area contributed by atoms with Gasteiger partial charge in [0.15, 0.2) is 0 Å². The van der Waals surface area contributed by atoms with E-state index in [0.29, 0.717) is 0 Å². The highest BCUT2D eigenvalue weighted by Crippen LogP contribution is 2.31. The highest BCUT2D eigenvalue weighted by atomic mass is 16.3. The molecule has 94 valence electrons. The summed E-state index contributed by atoms with van der Waals surface area (Å²) in [6.45, 7) is 0. The fourth-order valence-corrected chi connectivity index (χ4v) is 2.76. The molecule has 1 fully saturated rings. The maximum atomic E-state index is 10.3. The third kappa shape index (κ3) is 3.30. The van der Waals surface area contributed by atoms with Gasteiger partial charge in [0.25, 0.3) is 0 Å². The van der Waals surface area contributed by atoms with Crippen molar-refractivity contribution in [1.82, 2.24) is 0 Å². The largest absolute Gasteiger partial charge is 0.390 e. The second kappa shape index (κ2) is 6.18. The van der Waals surface area contributed by atoms with E-state index >= 15 is 0 Å². The van der Waals surface area contributed by atoms with Crippen molar-refractivity contribution >= 4 is 0 Å². The molecule has 0 heterocycles. The lowest BCUT2D eigenvalue weighted by Crippen LogP contribution is -2.27. The number of aliphatic hydroxyl groups is 2. The summed E-state index contributed by atoms with van der Waals surface area (Å²) >= 11 is 0. The Labute approximate surface area is 103 Å². The fraction of sp³-hybridized carbons (Fsp3) is 0.600. The molecule has 0 bridgehead atoms. The molecule has 17 heavy (non-hydrogen) atoms. The van der Waals surface area contributed by atoms with Crippen molar-refractivity contribution in [1.29, 1.82) is 0 Å². The lowest BCUT2D eigenvalue weighted by Gasteiger charge is -2.26. The molecule has 2 heteroatoms. The van der Waals surface area contributed by atoms with Gasteiger partial charge < -0.3 is 10.2 Å². The van der Waals surface area contributed by atoms with Crippen LogP contribution in [0.5, 0.6) is 0 Å². The molecule has 0 saturated heterocycles. The van der Waals surface area contributed by atoms with E-state index in [9.17, 15) is 10.2 Å². The third-order valence-electron chi connectivity index (χ3n) is 3.85. The average molecular weight is 234 g/mol. The maximum absolute atomic E-state index is 10.3. The number of hydrogen-bond donors (Lipinski definition) is 2. The maximum Gasteiger partial charge on any atom is 0.105 e. The normalized spacial score (nSPS) is 21.8. The van der Waals surface area contributed by atoms with Crippen LogP contribution in [0.4, 0.5) is 0 Å². The first-order chi connectivity index (χ1) is 8.29. The minimum absolute atomic E-state index is 0.257. The molecule has 2 nitrogen and oxygen atoms in total. The SMILES string of the molecule is OC(c1ccccc1)C(O)C1CCCCCC1. The van der Waals surface area contributed by atoms with Crippen molar-refractivity contribution in [3.63, 3.8) is 0 Å². The number of benzene rings is 1. The summed E-state index contributed by atoms with van der Waals surface area (Å²) in [5.74, 6) is 0.257. The first kappa shape index (κ1) is 12.6. The van der Waals surface area contributed by atoms with E-state index in [-0.39, 0.29) is 5.92 Å². The van der Waals surface area contributed by atoms with Crippen molar-refractivity contribution in [2.45, 2.75) is 50.7 Å². The zero-order chi connectivity index (χ0) is 12.1. The second-order valence-electron chi connectivity index (χ2n) is 5.10. The lowest BCUT2D eigenvalue weighted by atomic mass is 9.88. The van der Waals surface area contributed by atoms with Gasteiger partial charge in [-0.15, -0.1) is 0 Å². The molecule has 1 aromatic carbocycles. The van der Waals surface area contributed by atoms with Gasteiger partial charge in [-0.3, -0.25) is 0 Å². The highest BCUT2D eigenvalue weighted by molar-refractivity contribution is 5.18. The molecular formula is C15H22O2. The molecular weight excluding hydrogens is 212 g/mol. The summed E-state index contributed by atoms with van der Waals surface area (Å²) in [5.41, 5.74) is 0.823. The zero-order valence-electron chi connectivity index (χ0n) is 10.3. The van der Waals surface area contributed by atoms with Crippen LogP contribution in [0.1, 0.15) is 50.2 Å². The Bertz CT molecular complexity index is 315. The molecule has 0 amide bonds. The van der Waals surface area contributed by atoms with Crippen molar-refractivity contribution < 1.29 is 10.2 Å². The second-order valence-corrected chi connectivity index (χ2v) is 5.10. The van der Waals surface area contributed by atoms with Crippen LogP contribution in [0.15, 0.2) is 30.3 Å². The molecule has 0 aliphatic heterocycles. The van der Waals surface area contributed by atoms with Gasteiger partial charge in [0.05, 0.1) is 6.10 Å². The average Bonchev–Trinajstić information content (AvgIpc) is 2.67. The Hall–Kier alpha value is -0.860. The van der Waals surface area contributed by atoms with Crippen molar-refractivity contribution in [2.75, 3.05) is 0 Å². The van der Waals surface area contributed by atoms with E-state index in [1.54, 1.807) is 0 Å². The standard InChI is InChI=1S/C15H22O2/c16-14(12-8-4-1-2-5-9-12)15(17)13-10-6-3-7-11-13/h3,6-7,10-12,14-17H,1-2,4-5,8-9H2. The van der Waals surface area contributed by atoms with Gasteiger partial charge in [-0.2, -0.15) is 0 Å². The van der Waals surface area contributed by atoms with E-state index in [1.165, 1.54) is 25.7 Å². The van der Waals surface area contributed by atoms with Gasteiger partial charge in [0.2, 0.25) is 0 Å². The first-order valence-electron chi connectivity index (χ1n) is 6.70. The van der Waals surface area contributed by atoms with Crippen LogP contribution in [0.2, 0.25) is 0 Å². The summed E-state index contributed by atoms with van der Waals surface area (Å²) in [7, 11) is 0. The number of hydrogen-bond acceptors (Lipinski definition) is 2. The van der Waals surface area contributed by atoms with E-state index in [4.69, 9.17) is 0 Å². The predicted molar refractivity (Wildman–Crippen MR) is 68.6 cm³/mol. The fourth-order valence-electron chi connectivity index (χ4n) is 2.76. The van der Waals surface area contributed by atoms with Gasteiger partial charge in [0, 0.05) is 0 Å². The van der Waals surface area contributed by atoms with Crippen molar-refractivity contribution in [3.8, 4) is 0 Å². The smallest absolute Gasteiger partial charge is 0.105 e. The van der Waals surface area contributed by atoms with Crippen molar-refractivity contribution in [3.05, 3.63) is 35.9 Å². The Kier molecular flexibility index (Phi) is 4.57. The molecule has 1 aliphatic rings. The van der Waals surface area contributed by atoms with E-state index in [0.717, 1.165) is 18.4 Å². The van der Waals surface area contributed by atoms with Crippen LogP contribution in [0, 0.1) is 5.92 Å². The molecule has 2 unspecified atom stereocenters. The Balaban J connectivity index is 2.00. The summed E-state index contributed by atoms with van der Waals surface area (Å²) in [6, 6.07) is 9.49. The van der Waals surface area contributed by atoms with Crippen LogP contribution < -0.4 is 0 Å². The summed E-state index contributed by atoms with van der Waals surface area (Å²) in [4.78, 5) is 0. The number of aliphatic hydroxyl groups excluding tert-OH is 2. The highest BCUT2D eigenvalue weighted by Gasteiger charge is 2.27. The zero-order valence-corrected chi connectivity index (χ0v) is 10.3. The third-order valence-corrected chi connectivity index (χ3v) is 3.85. The van der Waals surface area contributed by atoms with Gasteiger partial charge in [-0.25, -0.2) is 0 Å². The Morgan fingerprint density at radius 3 is 2.06 bits per heavy atom. The predicted octanol–water partition coefficient (Wildman–Crippen LogP) is 3.05. The van der Waals surface area contributed by atoms with Gasteiger partial charge in [-0.05, 0) is 24.3 Å². The van der Waals surface area contributed by atoms with Crippen molar-refractivity contribution in [2.24, 2.45) is 5.92 Å². The van der Waals surface area contributed by atoms with Crippen LogP contribution in [-0.2, 0) is 0 Å². The lowest BCUT2D eigenvalue weighted by molar-refractivity contribution is -0.0228. The molecule has 2 N–H and O–H groups in total. The summed E-state index contributed by atoms with van der Waals surface area (Å²) in [6.07, 6.45) is 5.65. The molecule has 0 radical (unpaired) electrons. The van der Waals surface area contributed by atoms with Gasteiger partial charge >= 0.3 is 0 Å². The van der Waals surface area contributed by atoms with Gasteiger partial charge in [0.1, 0.15) is 6.10 Å². The minimum Gasteiger partial charge on any atom is -0.390 e. The minimum atomic E-state index is -0.737. The number of rotatable bonds is 3. The van der Waals surface area contributed by atoms with Crippen LogP contribution in [0.3, 0.4) is 0 Å². The van der Waals surface area contributed by atoms with E-state index in [1.807, 2.05) is 30.3 Å². The molecule has 2 atom stereocenters. The molecule has 0 aromatic heterocycles. The Morgan fingerprint density at radius 2 is 1.47 bits per heavy atom. The molecule has 1 aliphatic carbocycles. The van der Waals surface area contributed by atoms with E-state index in [2.05, 4.69) is 0 Å². The van der Waals surface area contributed by atoms with Crippen LogP contribution >= 0.6 is 0 Å². The monoisotopic (exact) mass is 234 g/mol. The van der Waals surface area contributed by atoms with E-state index < -0.39 is 12.2 Å². The van der Waals surface area contributed by atoms with Crippen LogP contribution in [-0.4, -0.2) is 16.3 Å². The van der Waals surface area contributed by atoms with Gasteiger partial charge in [-0.1, -0.05) is 56.0 Å². The molecule has 1 aromatic rings.